The van der Waals surface area contributed by atoms with Gasteiger partial charge >= 0.3 is 0 Å². The number of rotatable bonds is 3. The van der Waals surface area contributed by atoms with Crippen LogP contribution in [0.2, 0.25) is 0 Å². The Labute approximate surface area is 79.5 Å². The van der Waals surface area contributed by atoms with Crippen LogP contribution in [0.1, 0.15) is 24.8 Å². The fraction of sp³-hybridized carbons (Fsp3) is 0.333. The second-order valence-electron chi connectivity index (χ2n) is 3.47. The molecule has 1 heteroatoms. The fourth-order valence-corrected chi connectivity index (χ4v) is 1.84. The maximum Gasteiger partial charge on any atom is 0.0377 e. The predicted molar refractivity (Wildman–Crippen MR) is 55.6 cm³/mol. The zero-order valence-electron chi connectivity index (χ0n) is 7.96. The molecule has 1 aromatic carbocycles. The molecule has 13 heavy (non-hydrogen) atoms. The molecule has 2 rings (SSSR count). The van der Waals surface area contributed by atoms with Crippen LogP contribution < -0.4 is 5.32 Å². The molecule has 68 valence electrons. The lowest BCUT2D eigenvalue weighted by atomic mass is 9.87. The number of benzene rings is 1. The third kappa shape index (κ3) is 1.59. The van der Waals surface area contributed by atoms with Crippen molar-refractivity contribution in [1.29, 1.82) is 0 Å². The Morgan fingerprint density at radius 1 is 1.31 bits per heavy atom. The quantitative estimate of drug-likeness (QED) is 0.741. The Morgan fingerprint density at radius 2 is 2.00 bits per heavy atom. The van der Waals surface area contributed by atoms with Crippen molar-refractivity contribution in [3.8, 4) is 0 Å². The van der Waals surface area contributed by atoms with E-state index in [1.165, 1.54) is 17.6 Å². The fourth-order valence-electron chi connectivity index (χ4n) is 1.84. The first kappa shape index (κ1) is 8.36. The molecule has 1 N–H and O–H groups in total. The van der Waals surface area contributed by atoms with Crippen LogP contribution in [-0.4, -0.2) is 6.54 Å². The van der Waals surface area contributed by atoms with Crippen molar-refractivity contribution in [2.24, 2.45) is 0 Å². The number of hydrogen-bond acceptors (Lipinski definition) is 1. The van der Waals surface area contributed by atoms with Gasteiger partial charge in [-0.3, -0.25) is 0 Å². The molecule has 0 aromatic heterocycles. The highest BCUT2D eigenvalue weighted by molar-refractivity contribution is 5.32. The standard InChI is InChI=1S/C12H15N/c1-2-12(11-8-13-9-11)10-6-4-3-5-7-10/h3-8,12-13H,2,9H2,1H3. The van der Waals surface area contributed by atoms with Gasteiger partial charge in [0.05, 0.1) is 0 Å². The lowest BCUT2D eigenvalue weighted by molar-refractivity contribution is 0.666. The summed E-state index contributed by atoms with van der Waals surface area (Å²) in [7, 11) is 0. The third-order valence-corrected chi connectivity index (χ3v) is 2.65. The highest BCUT2D eigenvalue weighted by atomic mass is 14.9. The topological polar surface area (TPSA) is 12.0 Å². The molecule has 0 amide bonds. The number of nitrogens with one attached hydrogen (secondary N) is 1. The van der Waals surface area contributed by atoms with E-state index in [0.717, 1.165) is 6.54 Å². The van der Waals surface area contributed by atoms with E-state index in [1.807, 2.05) is 0 Å². The Morgan fingerprint density at radius 3 is 2.46 bits per heavy atom. The van der Waals surface area contributed by atoms with E-state index in [9.17, 15) is 0 Å². The summed E-state index contributed by atoms with van der Waals surface area (Å²) in [5.74, 6) is 0.627. The molecule has 0 saturated heterocycles. The van der Waals surface area contributed by atoms with Gasteiger partial charge < -0.3 is 5.32 Å². The lowest BCUT2D eigenvalue weighted by Gasteiger charge is -2.25. The molecule has 1 unspecified atom stereocenters. The maximum absolute atomic E-state index is 3.18. The molecule has 1 heterocycles. The van der Waals surface area contributed by atoms with Crippen LogP contribution in [0.25, 0.3) is 0 Å². The van der Waals surface area contributed by atoms with E-state index < -0.39 is 0 Å². The minimum atomic E-state index is 0.627. The maximum atomic E-state index is 3.18. The van der Waals surface area contributed by atoms with E-state index >= 15 is 0 Å². The van der Waals surface area contributed by atoms with Crippen LogP contribution in [0.5, 0.6) is 0 Å². The second-order valence-corrected chi connectivity index (χ2v) is 3.47. The van der Waals surface area contributed by atoms with Crippen molar-refractivity contribution in [2.45, 2.75) is 19.3 Å². The van der Waals surface area contributed by atoms with Crippen molar-refractivity contribution in [3.05, 3.63) is 47.7 Å². The molecule has 0 spiro atoms. The largest absolute Gasteiger partial charge is 0.387 e. The molecule has 1 atom stereocenters. The zero-order chi connectivity index (χ0) is 9.10. The van der Waals surface area contributed by atoms with Crippen molar-refractivity contribution in [1.82, 2.24) is 5.32 Å². The van der Waals surface area contributed by atoms with Gasteiger partial charge in [-0.2, -0.15) is 0 Å². The summed E-state index contributed by atoms with van der Waals surface area (Å²) in [5.41, 5.74) is 2.98. The average Bonchev–Trinajstić information content (AvgIpc) is 2.12. The van der Waals surface area contributed by atoms with E-state index in [0.29, 0.717) is 5.92 Å². The highest BCUT2D eigenvalue weighted by Crippen LogP contribution is 2.28. The van der Waals surface area contributed by atoms with Gasteiger partial charge in [0.1, 0.15) is 0 Å². The molecule has 0 radical (unpaired) electrons. The van der Waals surface area contributed by atoms with Gasteiger partial charge in [-0.15, -0.1) is 0 Å². The minimum absolute atomic E-state index is 0.627. The van der Waals surface area contributed by atoms with Gasteiger partial charge in [0.15, 0.2) is 0 Å². The van der Waals surface area contributed by atoms with Gasteiger partial charge in [0, 0.05) is 12.5 Å². The van der Waals surface area contributed by atoms with Gasteiger partial charge in [-0.05, 0) is 23.8 Å². The molecule has 0 fully saturated rings. The Bertz CT molecular complexity index is 300. The van der Waals surface area contributed by atoms with Gasteiger partial charge in [0.2, 0.25) is 0 Å². The average molecular weight is 173 g/mol. The first-order valence-corrected chi connectivity index (χ1v) is 4.89. The first-order valence-electron chi connectivity index (χ1n) is 4.89. The van der Waals surface area contributed by atoms with E-state index in [-0.39, 0.29) is 0 Å². The summed E-state index contributed by atoms with van der Waals surface area (Å²) >= 11 is 0. The summed E-state index contributed by atoms with van der Waals surface area (Å²) < 4.78 is 0. The van der Waals surface area contributed by atoms with Crippen LogP contribution >= 0.6 is 0 Å². The van der Waals surface area contributed by atoms with Crippen molar-refractivity contribution >= 4 is 0 Å². The van der Waals surface area contributed by atoms with E-state index in [4.69, 9.17) is 0 Å². The molecular formula is C12H15N. The monoisotopic (exact) mass is 173 g/mol. The summed E-state index contributed by atoms with van der Waals surface area (Å²) in [6, 6.07) is 10.7. The summed E-state index contributed by atoms with van der Waals surface area (Å²) in [4.78, 5) is 0. The molecule has 1 aliphatic rings. The highest BCUT2D eigenvalue weighted by Gasteiger charge is 2.17. The van der Waals surface area contributed by atoms with Gasteiger partial charge in [-0.1, -0.05) is 37.3 Å². The summed E-state index contributed by atoms with van der Waals surface area (Å²) in [6.45, 7) is 3.31. The molecule has 1 aromatic rings. The minimum Gasteiger partial charge on any atom is -0.387 e. The SMILES string of the molecule is CCC(C1=CNC1)c1ccccc1. The molecule has 1 aliphatic heterocycles. The molecule has 0 saturated carbocycles. The van der Waals surface area contributed by atoms with Crippen LogP contribution in [0.4, 0.5) is 0 Å². The Balaban J connectivity index is 2.22. The van der Waals surface area contributed by atoms with Crippen LogP contribution in [-0.2, 0) is 0 Å². The smallest absolute Gasteiger partial charge is 0.0377 e. The van der Waals surface area contributed by atoms with E-state index in [2.05, 4.69) is 48.8 Å². The zero-order valence-corrected chi connectivity index (χ0v) is 7.96. The van der Waals surface area contributed by atoms with Crippen LogP contribution in [0.3, 0.4) is 0 Å². The van der Waals surface area contributed by atoms with Crippen LogP contribution in [0.15, 0.2) is 42.1 Å². The third-order valence-electron chi connectivity index (χ3n) is 2.65. The van der Waals surface area contributed by atoms with Crippen molar-refractivity contribution < 1.29 is 0 Å². The number of hydrogen-bond donors (Lipinski definition) is 1. The first-order chi connectivity index (χ1) is 6.42. The normalized spacial score (nSPS) is 16.8. The molecular weight excluding hydrogens is 158 g/mol. The van der Waals surface area contributed by atoms with Gasteiger partial charge in [-0.25, -0.2) is 0 Å². The Kier molecular flexibility index (Phi) is 2.35. The van der Waals surface area contributed by atoms with Crippen molar-refractivity contribution in [3.63, 3.8) is 0 Å². The molecule has 0 aliphatic carbocycles. The predicted octanol–water partition coefficient (Wildman–Crippen LogP) is 2.67. The molecule has 1 nitrogen and oxygen atoms in total. The van der Waals surface area contributed by atoms with Crippen molar-refractivity contribution in [2.75, 3.05) is 6.54 Å². The summed E-state index contributed by atoms with van der Waals surface area (Å²) in [6.07, 6.45) is 3.33. The van der Waals surface area contributed by atoms with Crippen LogP contribution in [0, 0.1) is 0 Å². The lowest BCUT2D eigenvalue weighted by Crippen LogP contribution is -2.25. The Hall–Kier alpha value is -1.24. The van der Waals surface area contributed by atoms with Gasteiger partial charge in [0.25, 0.3) is 0 Å². The second kappa shape index (κ2) is 3.65. The van der Waals surface area contributed by atoms with E-state index in [1.54, 1.807) is 0 Å². The molecule has 0 bridgehead atoms. The summed E-state index contributed by atoms with van der Waals surface area (Å²) in [5, 5.41) is 3.18.